The van der Waals surface area contributed by atoms with Crippen molar-refractivity contribution in [2.24, 2.45) is 0 Å². The van der Waals surface area contributed by atoms with Gasteiger partial charge in [0, 0.05) is 15.0 Å². The van der Waals surface area contributed by atoms with Crippen LogP contribution in [0.2, 0.25) is 0 Å². The number of furan rings is 3. The number of rotatable bonds is 4. The summed E-state index contributed by atoms with van der Waals surface area (Å²) in [4.78, 5) is 14.1. The summed E-state index contributed by atoms with van der Waals surface area (Å²) < 4.78 is 20.1. The molecule has 7 heteroatoms. The van der Waals surface area contributed by atoms with Gasteiger partial charge in [-0.1, -0.05) is 29.8 Å². The number of aryl methyl sites for hydroxylation is 1. The fourth-order valence-corrected chi connectivity index (χ4v) is 7.28. The van der Waals surface area contributed by atoms with Crippen LogP contribution in [-0.2, 0) is 0 Å². The van der Waals surface area contributed by atoms with Gasteiger partial charge in [-0.05, 0) is 97.5 Å². The van der Waals surface area contributed by atoms with E-state index in [2.05, 4.69) is 72.6 Å². The molecule has 46 heavy (non-hydrogen) atoms. The number of aromatic nitrogens is 3. The molecular weight excluding hydrogens is 591 g/mol. The quantitative estimate of drug-likeness (QED) is 0.213. The first kappa shape index (κ1) is 26.5. The summed E-state index contributed by atoms with van der Waals surface area (Å²) in [6, 6.07) is 28.6. The number of benzene rings is 1. The van der Waals surface area contributed by atoms with Crippen LogP contribution in [0, 0.1) is 6.92 Å². The molecule has 9 rings (SSSR count). The normalized spacial score (nSPS) is 12.3. The highest BCUT2D eigenvalue weighted by Crippen LogP contribution is 2.41. The number of hydrogen-bond acceptors (Lipinski definition) is 6. The number of nitrogens with zero attached hydrogens (tertiary/aromatic N) is 2. The van der Waals surface area contributed by atoms with Gasteiger partial charge < -0.3 is 18.2 Å². The maximum absolute atomic E-state index is 6.00. The van der Waals surface area contributed by atoms with Crippen LogP contribution in [0.5, 0.6) is 0 Å². The molecule has 6 aromatic heterocycles. The average Bonchev–Trinajstić information content (AvgIpc) is 3.91. The van der Waals surface area contributed by atoms with Crippen LogP contribution in [0.15, 0.2) is 117 Å². The molecule has 6 nitrogen and oxygen atoms in total. The fraction of sp³-hybridized carbons (Fsp3) is 0.0256. The molecule has 0 saturated heterocycles. The summed E-state index contributed by atoms with van der Waals surface area (Å²) in [5.41, 5.74) is 11.0. The lowest BCUT2D eigenvalue weighted by molar-refractivity contribution is 0.582. The fourth-order valence-electron chi connectivity index (χ4n) is 6.14. The summed E-state index contributed by atoms with van der Waals surface area (Å²) in [5, 5.41) is 0. The van der Waals surface area contributed by atoms with Crippen molar-refractivity contribution < 1.29 is 13.3 Å². The Hall–Kier alpha value is -5.92. The number of nitrogens with one attached hydrogen (secondary N) is 1. The molecule has 2 aliphatic heterocycles. The van der Waals surface area contributed by atoms with E-state index in [4.69, 9.17) is 23.2 Å². The first-order valence-electron chi connectivity index (χ1n) is 15.0. The topological polar surface area (TPSA) is 81.0 Å². The molecule has 1 N–H and O–H groups in total. The third-order valence-corrected chi connectivity index (χ3v) is 9.39. The molecule has 7 aromatic rings. The van der Waals surface area contributed by atoms with Crippen LogP contribution in [0.3, 0.4) is 0 Å². The number of thiophene rings is 1. The summed E-state index contributed by atoms with van der Waals surface area (Å²) >= 11 is 1.70. The lowest BCUT2D eigenvalue weighted by Crippen LogP contribution is -1.87. The van der Waals surface area contributed by atoms with Crippen LogP contribution in [0.4, 0.5) is 0 Å². The van der Waals surface area contributed by atoms with E-state index in [1.165, 1.54) is 5.56 Å². The second-order valence-electron chi connectivity index (χ2n) is 11.2. The van der Waals surface area contributed by atoms with Gasteiger partial charge >= 0.3 is 0 Å². The molecule has 8 heterocycles. The lowest BCUT2D eigenvalue weighted by atomic mass is 10.0. The van der Waals surface area contributed by atoms with Crippen LogP contribution in [0.1, 0.15) is 28.3 Å². The molecule has 0 atom stereocenters. The van der Waals surface area contributed by atoms with Gasteiger partial charge in [0.25, 0.3) is 0 Å². The minimum absolute atomic E-state index is 0.711. The second kappa shape index (κ2) is 10.6. The molecule has 0 fully saturated rings. The van der Waals surface area contributed by atoms with Crippen molar-refractivity contribution in [3.63, 3.8) is 0 Å². The molecule has 0 unspecified atom stereocenters. The molecule has 0 amide bonds. The zero-order chi connectivity index (χ0) is 30.6. The van der Waals surface area contributed by atoms with Gasteiger partial charge in [-0.25, -0.2) is 9.97 Å². The van der Waals surface area contributed by atoms with Crippen molar-refractivity contribution in [2.45, 2.75) is 6.92 Å². The van der Waals surface area contributed by atoms with Crippen molar-refractivity contribution in [3.05, 3.63) is 132 Å². The van der Waals surface area contributed by atoms with E-state index < -0.39 is 0 Å². The van der Waals surface area contributed by atoms with Crippen LogP contribution in [-0.4, -0.2) is 15.0 Å². The number of aromatic amines is 1. The van der Waals surface area contributed by atoms with E-state index in [-0.39, 0.29) is 0 Å². The van der Waals surface area contributed by atoms with Gasteiger partial charge in [0.15, 0.2) is 0 Å². The Morgan fingerprint density at radius 3 is 1.46 bits per heavy atom. The zero-order valence-electron chi connectivity index (χ0n) is 24.7. The standard InChI is InChI=1S/C39H25N3O3S/c1-23-8-10-24(11-9-23)36-25-12-13-26(40-25)37(31-5-2-20-43-31)27-14-15-28(41-27)38(32-6-3-21-44-32)29-16-17-30(42-29)39(33-7-4-22-45-33)35-19-18-34(36)46-35/h2-22,41H,1H3. The van der Waals surface area contributed by atoms with E-state index in [9.17, 15) is 0 Å². The monoisotopic (exact) mass is 615 g/mol. The van der Waals surface area contributed by atoms with Crippen LogP contribution < -0.4 is 0 Å². The predicted octanol–water partition coefficient (Wildman–Crippen LogP) is 11.1. The van der Waals surface area contributed by atoms with E-state index in [0.29, 0.717) is 5.76 Å². The largest absolute Gasteiger partial charge is 0.464 e. The average molecular weight is 616 g/mol. The predicted molar refractivity (Wildman–Crippen MR) is 186 cm³/mol. The van der Waals surface area contributed by atoms with Crippen molar-refractivity contribution in [1.29, 1.82) is 0 Å². The van der Waals surface area contributed by atoms with Gasteiger partial charge in [-0.3, -0.25) is 0 Å². The molecule has 0 saturated carbocycles. The molecule has 1 aromatic carbocycles. The number of fused-ring (bicyclic) bond motifs is 8. The molecule has 0 aliphatic carbocycles. The molecule has 0 spiro atoms. The van der Waals surface area contributed by atoms with Crippen LogP contribution >= 0.6 is 11.3 Å². The van der Waals surface area contributed by atoms with Gasteiger partial charge in [0.1, 0.15) is 17.3 Å². The van der Waals surface area contributed by atoms with Gasteiger partial charge in [-0.15, -0.1) is 11.3 Å². The van der Waals surface area contributed by atoms with Crippen molar-refractivity contribution in [2.75, 3.05) is 0 Å². The smallest absolute Gasteiger partial charge is 0.138 e. The number of hydrogen-bond donors (Lipinski definition) is 1. The Kier molecular flexibility index (Phi) is 6.11. The summed E-state index contributed by atoms with van der Waals surface area (Å²) in [6.45, 7) is 2.10. The highest BCUT2D eigenvalue weighted by Gasteiger charge is 2.20. The second-order valence-corrected chi connectivity index (χ2v) is 12.3. The Labute approximate surface area is 267 Å². The SMILES string of the molecule is Cc1ccc(-c2c3nc(c(-c4ccco4)c4ccc([nH]4)c(-c4ccco4)c4nc(c(-c5ccco5)c5ccc2s5)C=C4)C=C3)cc1. The highest BCUT2D eigenvalue weighted by molar-refractivity contribution is 7.24. The minimum atomic E-state index is 0.711. The third-order valence-electron chi connectivity index (χ3n) is 8.27. The van der Waals surface area contributed by atoms with E-state index in [1.807, 2.05) is 48.6 Å². The zero-order valence-corrected chi connectivity index (χ0v) is 25.5. The van der Waals surface area contributed by atoms with Crippen LogP contribution in [0.25, 0.3) is 89.8 Å². The molecule has 8 bridgehead atoms. The van der Waals surface area contributed by atoms with E-state index >= 15 is 0 Å². The third kappa shape index (κ3) is 4.40. The highest BCUT2D eigenvalue weighted by atomic mass is 32.1. The maximum Gasteiger partial charge on any atom is 0.138 e. The van der Waals surface area contributed by atoms with Gasteiger partial charge in [-0.2, -0.15) is 0 Å². The molecular formula is C39H25N3O3S. The first-order chi connectivity index (χ1) is 22.7. The Morgan fingerprint density at radius 2 is 0.957 bits per heavy atom. The summed E-state index contributed by atoms with van der Waals surface area (Å²) in [7, 11) is 0. The molecule has 220 valence electrons. The van der Waals surface area contributed by atoms with E-state index in [1.54, 1.807) is 30.1 Å². The van der Waals surface area contributed by atoms with E-state index in [0.717, 1.165) is 82.5 Å². The first-order valence-corrected chi connectivity index (χ1v) is 15.8. The van der Waals surface area contributed by atoms with Crippen molar-refractivity contribution in [1.82, 2.24) is 15.0 Å². The Morgan fingerprint density at radius 1 is 0.500 bits per heavy atom. The minimum Gasteiger partial charge on any atom is -0.464 e. The molecule has 2 aliphatic rings. The summed E-state index contributed by atoms with van der Waals surface area (Å²) in [5.74, 6) is 2.19. The van der Waals surface area contributed by atoms with Gasteiger partial charge in [0.05, 0.1) is 69.3 Å². The summed E-state index contributed by atoms with van der Waals surface area (Å²) in [6.07, 6.45) is 13.3. The Bertz CT molecular complexity index is 2430. The Balaban J connectivity index is 1.48. The van der Waals surface area contributed by atoms with Crippen molar-refractivity contribution >= 4 is 56.1 Å². The molecule has 0 radical (unpaired) electrons. The number of H-pyrrole nitrogens is 1. The maximum atomic E-state index is 6.00. The van der Waals surface area contributed by atoms with Gasteiger partial charge in [0.2, 0.25) is 0 Å². The van der Waals surface area contributed by atoms with Crippen molar-refractivity contribution in [3.8, 4) is 45.1 Å². The lowest BCUT2D eigenvalue weighted by Gasteiger charge is -2.05.